The summed E-state index contributed by atoms with van der Waals surface area (Å²) in [6.45, 7) is 27.8. The van der Waals surface area contributed by atoms with Crippen molar-refractivity contribution in [1.29, 1.82) is 0 Å². The number of unbranched alkanes of at least 4 members (excludes halogenated alkanes) is 2. The average molecular weight is 723 g/mol. The molecule has 0 amide bonds. The average Bonchev–Trinajstić information content (AvgIpc) is 3.55. The lowest BCUT2D eigenvalue weighted by Gasteiger charge is -2.40. The molecule has 1 aromatic carbocycles. The van der Waals surface area contributed by atoms with Gasteiger partial charge >= 0.3 is 5.97 Å². The normalized spacial score (nSPS) is 21.6. The summed E-state index contributed by atoms with van der Waals surface area (Å²) < 4.78 is 19.4. The Bertz CT molecular complexity index is 1270. The maximum absolute atomic E-state index is 12.2. The van der Waals surface area contributed by atoms with Crippen molar-refractivity contribution in [2.45, 2.75) is 167 Å². The molecular formula is C38H64ClNO4SSi2. The van der Waals surface area contributed by atoms with Gasteiger partial charge in [0.15, 0.2) is 16.6 Å². The van der Waals surface area contributed by atoms with E-state index in [9.17, 15) is 4.79 Å². The molecule has 2 aromatic rings. The molecule has 1 heterocycles. The first-order valence-corrected chi connectivity index (χ1v) is 25.1. The van der Waals surface area contributed by atoms with Gasteiger partial charge in [-0.3, -0.25) is 0 Å². The van der Waals surface area contributed by atoms with Crippen LogP contribution in [-0.4, -0.2) is 45.7 Å². The Morgan fingerprint density at radius 2 is 1.62 bits per heavy atom. The first-order chi connectivity index (χ1) is 21.8. The quantitative estimate of drug-likeness (QED) is 0.0747. The lowest BCUT2D eigenvalue weighted by Crippen LogP contribution is -2.44. The Labute approximate surface area is 298 Å². The van der Waals surface area contributed by atoms with E-state index in [-0.39, 0.29) is 39.5 Å². The number of hydrogen-bond donors (Lipinski definition) is 0. The maximum atomic E-state index is 12.2. The summed E-state index contributed by atoms with van der Waals surface area (Å²) in [5.41, 5.74) is 2.61. The molecule has 0 bridgehead atoms. The molecule has 1 unspecified atom stereocenters. The number of carbonyl (C=O) groups is 1. The molecule has 0 spiro atoms. The highest BCUT2D eigenvalue weighted by atomic mass is 35.5. The fourth-order valence-corrected chi connectivity index (χ4v) is 10.1. The predicted octanol–water partition coefficient (Wildman–Crippen LogP) is 12.1. The molecule has 3 rings (SSSR count). The summed E-state index contributed by atoms with van der Waals surface area (Å²) in [5, 5.41) is 1.30. The lowest BCUT2D eigenvalue weighted by atomic mass is 9.84. The van der Waals surface area contributed by atoms with Gasteiger partial charge in [0, 0.05) is 11.3 Å². The van der Waals surface area contributed by atoms with Gasteiger partial charge in [-0.15, -0.1) is 22.9 Å². The van der Waals surface area contributed by atoms with Crippen LogP contribution in [0.25, 0.3) is 0 Å². The van der Waals surface area contributed by atoms with Gasteiger partial charge in [0.1, 0.15) is 4.88 Å². The summed E-state index contributed by atoms with van der Waals surface area (Å²) in [5.74, 6) is 0.238. The monoisotopic (exact) mass is 721 g/mol. The van der Waals surface area contributed by atoms with Crippen molar-refractivity contribution in [3.8, 4) is 0 Å². The van der Waals surface area contributed by atoms with Gasteiger partial charge in [0.2, 0.25) is 0 Å². The molecule has 1 aromatic heterocycles. The number of carbonyl (C=O) groups excluding carboxylic acids is 1. The number of alkyl halides is 1. The summed E-state index contributed by atoms with van der Waals surface area (Å²) in [4.78, 5) is 17.3. The van der Waals surface area contributed by atoms with E-state index in [1.54, 1.807) is 6.20 Å². The number of esters is 1. The molecule has 5 nitrogen and oxygen atoms in total. The first kappa shape index (κ1) is 40.4. The third-order valence-corrected chi connectivity index (χ3v) is 21.5. The molecule has 0 aliphatic heterocycles. The van der Waals surface area contributed by atoms with Crippen molar-refractivity contribution in [3.63, 3.8) is 0 Å². The third-order valence-electron chi connectivity index (χ3n) is 11.0. The van der Waals surface area contributed by atoms with E-state index >= 15 is 0 Å². The van der Waals surface area contributed by atoms with E-state index in [1.807, 2.05) is 6.92 Å². The van der Waals surface area contributed by atoms with Crippen LogP contribution in [0.1, 0.15) is 138 Å². The summed E-state index contributed by atoms with van der Waals surface area (Å²) in [6.07, 6.45) is 10.2. The van der Waals surface area contributed by atoms with Gasteiger partial charge in [0.25, 0.3) is 0 Å². The Kier molecular flexibility index (Phi) is 14.4. The zero-order chi connectivity index (χ0) is 35.2. The van der Waals surface area contributed by atoms with E-state index in [0.717, 1.165) is 37.1 Å². The SMILES string of the molecule is CCCCCC(O[Si](C)(C)C(C)(C)C)c1ccc([C@@H]2[C@@H](CCCc3ncc(C(=O)OCC)s3)[C@H](Cl)C[C@@H]2O[Si](C)(C)C(C)(C)C)cc1. The van der Waals surface area contributed by atoms with Crippen LogP contribution < -0.4 is 0 Å². The number of aryl methyl sites for hydroxylation is 1. The Hall–Kier alpha value is -1.04. The topological polar surface area (TPSA) is 57.7 Å². The molecule has 9 heteroatoms. The standard InChI is InChI=1S/C38H64ClNO4SSi2/c1-13-15-16-19-31(43-46(9,10)37(3,4)5)27-21-23-28(24-22-27)35-29(30(39)25-32(35)44-47(11,12)38(6,7)8)18-17-20-34-40-26-33(45-34)36(41)42-14-2/h21-24,26,29-32,35H,13-20,25H2,1-12H3/t29-,30+,31?,32-,35+/m0/s1. The van der Waals surface area contributed by atoms with Gasteiger partial charge in [0.05, 0.1) is 30.0 Å². The number of rotatable bonds is 16. The van der Waals surface area contributed by atoms with Crippen molar-refractivity contribution in [1.82, 2.24) is 4.98 Å². The van der Waals surface area contributed by atoms with Gasteiger partial charge < -0.3 is 13.6 Å². The van der Waals surface area contributed by atoms with Crippen molar-refractivity contribution in [2.75, 3.05) is 6.61 Å². The van der Waals surface area contributed by atoms with E-state index in [0.29, 0.717) is 17.4 Å². The largest absolute Gasteiger partial charge is 0.462 e. The fraction of sp³-hybridized carbons (Fsp3) is 0.737. The number of halogens is 1. The van der Waals surface area contributed by atoms with Crippen LogP contribution in [-0.2, 0) is 20.0 Å². The second-order valence-electron chi connectivity index (χ2n) is 16.6. The zero-order valence-electron chi connectivity index (χ0n) is 31.5. The number of ether oxygens (including phenoxy) is 1. The molecular weight excluding hydrogens is 658 g/mol. The van der Waals surface area contributed by atoms with Crippen LogP contribution in [0, 0.1) is 5.92 Å². The molecule has 1 fully saturated rings. The van der Waals surface area contributed by atoms with Crippen molar-refractivity contribution in [3.05, 3.63) is 51.5 Å². The van der Waals surface area contributed by atoms with Crippen LogP contribution >= 0.6 is 22.9 Å². The number of benzene rings is 1. The highest BCUT2D eigenvalue weighted by molar-refractivity contribution is 7.13. The molecule has 47 heavy (non-hydrogen) atoms. The first-order valence-electron chi connectivity index (χ1n) is 18.0. The Morgan fingerprint density at radius 3 is 2.19 bits per heavy atom. The minimum absolute atomic E-state index is 0.0459. The van der Waals surface area contributed by atoms with E-state index in [2.05, 4.69) is 104 Å². The molecule has 1 aliphatic rings. The smallest absolute Gasteiger partial charge is 0.349 e. The minimum Gasteiger partial charge on any atom is -0.462 e. The third kappa shape index (κ3) is 10.7. The van der Waals surface area contributed by atoms with E-state index in [1.165, 1.54) is 41.7 Å². The molecule has 266 valence electrons. The molecule has 1 aliphatic carbocycles. The molecule has 0 radical (unpaired) electrons. The highest BCUT2D eigenvalue weighted by Crippen LogP contribution is 2.50. The highest BCUT2D eigenvalue weighted by Gasteiger charge is 2.48. The number of hydrogen-bond acceptors (Lipinski definition) is 6. The number of aromatic nitrogens is 1. The minimum atomic E-state index is -2.02. The van der Waals surface area contributed by atoms with Gasteiger partial charge in [-0.05, 0) is 92.3 Å². The summed E-state index contributed by atoms with van der Waals surface area (Å²) in [6, 6.07) is 9.34. The van der Waals surface area contributed by atoms with Gasteiger partial charge in [-0.1, -0.05) is 92.0 Å². The lowest BCUT2D eigenvalue weighted by molar-refractivity contribution is 0.0531. The van der Waals surface area contributed by atoms with E-state index in [4.69, 9.17) is 25.2 Å². The van der Waals surface area contributed by atoms with E-state index < -0.39 is 16.6 Å². The maximum Gasteiger partial charge on any atom is 0.349 e. The Balaban J connectivity index is 1.88. The van der Waals surface area contributed by atoms with Gasteiger partial charge in [-0.25, -0.2) is 9.78 Å². The van der Waals surface area contributed by atoms with Crippen LogP contribution in [0.4, 0.5) is 0 Å². The number of thiazole rings is 1. The molecule has 1 saturated carbocycles. The van der Waals surface area contributed by atoms with Crippen LogP contribution in [0.5, 0.6) is 0 Å². The Morgan fingerprint density at radius 1 is 0.979 bits per heavy atom. The summed E-state index contributed by atoms with van der Waals surface area (Å²) >= 11 is 8.68. The molecule has 0 N–H and O–H groups in total. The van der Waals surface area contributed by atoms with Gasteiger partial charge in [-0.2, -0.15) is 0 Å². The van der Waals surface area contributed by atoms with Crippen molar-refractivity contribution in [2.24, 2.45) is 5.92 Å². The van der Waals surface area contributed by atoms with Crippen LogP contribution in [0.2, 0.25) is 36.3 Å². The summed E-state index contributed by atoms with van der Waals surface area (Å²) in [7, 11) is -3.96. The number of nitrogens with zero attached hydrogens (tertiary/aromatic N) is 1. The predicted molar refractivity (Wildman–Crippen MR) is 205 cm³/mol. The molecule has 0 saturated heterocycles. The second kappa shape index (κ2) is 16.8. The van der Waals surface area contributed by atoms with Crippen LogP contribution in [0.15, 0.2) is 30.5 Å². The fourth-order valence-electron chi connectivity index (χ4n) is 6.09. The second-order valence-corrected chi connectivity index (χ2v) is 27.8. The van der Waals surface area contributed by atoms with Crippen molar-refractivity contribution >= 4 is 45.5 Å². The molecule has 5 atom stereocenters. The van der Waals surface area contributed by atoms with Crippen LogP contribution in [0.3, 0.4) is 0 Å². The zero-order valence-corrected chi connectivity index (χ0v) is 35.1. The van der Waals surface area contributed by atoms with Crippen molar-refractivity contribution < 1.29 is 18.4 Å².